The predicted octanol–water partition coefficient (Wildman–Crippen LogP) is 3.49. The zero-order valence-corrected chi connectivity index (χ0v) is 14.0. The van der Waals surface area contributed by atoms with Crippen LogP contribution in [-0.2, 0) is 13.0 Å². The van der Waals surface area contributed by atoms with Crippen LogP contribution in [0.5, 0.6) is 0 Å². The maximum atomic E-state index is 4.76. The van der Waals surface area contributed by atoms with Gasteiger partial charge in [0, 0.05) is 24.4 Å². The Balaban J connectivity index is 2.06. The molecule has 0 aliphatic heterocycles. The molecule has 1 aromatic heterocycles. The van der Waals surface area contributed by atoms with E-state index in [1.807, 2.05) is 0 Å². The molecule has 4 heteroatoms. The molecule has 0 fully saturated rings. The molecule has 0 saturated heterocycles. The van der Waals surface area contributed by atoms with Gasteiger partial charge in [0.05, 0.1) is 5.69 Å². The van der Waals surface area contributed by atoms with E-state index in [9.17, 15) is 0 Å². The first-order valence-electron chi connectivity index (χ1n) is 7.55. The molecule has 0 saturated carbocycles. The first kappa shape index (κ1) is 16.1. The van der Waals surface area contributed by atoms with E-state index in [0.717, 1.165) is 25.9 Å². The van der Waals surface area contributed by atoms with Crippen LogP contribution in [0.2, 0.25) is 0 Å². The monoisotopic (exact) mass is 303 g/mol. The minimum Gasteiger partial charge on any atom is -0.310 e. The highest BCUT2D eigenvalue weighted by molar-refractivity contribution is 7.09. The third kappa shape index (κ3) is 5.23. The molecule has 0 amide bonds. The summed E-state index contributed by atoms with van der Waals surface area (Å²) in [5.41, 5.74) is 2.53. The van der Waals surface area contributed by atoms with Crippen molar-refractivity contribution in [2.24, 2.45) is 0 Å². The van der Waals surface area contributed by atoms with E-state index in [1.165, 1.54) is 16.3 Å². The number of rotatable bonds is 8. The van der Waals surface area contributed by atoms with Gasteiger partial charge in [-0.05, 0) is 32.6 Å². The van der Waals surface area contributed by atoms with Gasteiger partial charge in [-0.1, -0.05) is 37.3 Å². The highest BCUT2D eigenvalue weighted by atomic mass is 32.1. The number of nitrogens with one attached hydrogen (secondary N) is 1. The molecular formula is C17H25N3S. The van der Waals surface area contributed by atoms with E-state index >= 15 is 0 Å². The van der Waals surface area contributed by atoms with Gasteiger partial charge in [0.2, 0.25) is 0 Å². The molecule has 0 aliphatic carbocycles. The third-order valence-corrected chi connectivity index (χ3v) is 4.19. The van der Waals surface area contributed by atoms with Crippen molar-refractivity contribution in [3.8, 4) is 0 Å². The van der Waals surface area contributed by atoms with E-state index in [-0.39, 0.29) is 0 Å². The van der Waals surface area contributed by atoms with Crippen LogP contribution in [-0.4, -0.2) is 30.5 Å². The quantitative estimate of drug-likeness (QED) is 0.809. The van der Waals surface area contributed by atoms with Gasteiger partial charge >= 0.3 is 0 Å². The minimum atomic E-state index is 0.348. The number of hydrogen-bond donors (Lipinski definition) is 1. The fraction of sp³-hybridized carbons (Fsp3) is 0.471. The maximum absolute atomic E-state index is 4.76. The van der Waals surface area contributed by atoms with Crippen LogP contribution in [0.15, 0.2) is 35.7 Å². The molecule has 2 rings (SSSR count). The van der Waals surface area contributed by atoms with Crippen LogP contribution >= 0.6 is 11.3 Å². The molecule has 0 aliphatic rings. The van der Waals surface area contributed by atoms with E-state index in [1.54, 1.807) is 11.3 Å². The van der Waals surface area contributed by atoms with Crippen molar-refractivity contribution in [3.63, 3.8) is 0 Å². The lowest BCUT2D eigenvalue weighted by Crippen LogP contribution is -2.24. The molecule has 1 aromatic carbocycles. The number of hydrogen-bond acceptors (Lipinski definition) is 4. The van der Waals surface area contributed by atoms with Crippen LogP contribution in [0.1, 0.15) is 35.7 Å². The van der Waals surface area contributed by atoms with Crippen LogP contribution in [0, 0.1) is 0 Å². The van der Waals surface area contributed by atoms with Crippen molar-refractivity contribution in [2.45, 2.75) is 32.4 Å². The Bertz CT molecular complexity index is 522. The Labute approximate surface area is 132 Å². The molecule has 114 valence electrons. The highest BCUT2D eigenvalue weighted by Gasteiger charge is 2.13. The minimum absolute atomic E-state index is 0.348. The van der Waals surface area contributed by atoms with Crippen LogP contribution in [0.3, 0.4) is 0 Å². The molecular weight excluding hydrogens is 278 g/mol. The van der Waals surface area contributed by atoms with Crippen molar-refractivity contribution in [3.05, 3.63) is 52.0 Å². The van der Waals surface area contributed by atoms with E-state index in [2.05, 4.69) is 66.9 Å². The second-order valence-corrected chi connectivity index (χ2v) is 6.53. The van der Waals surface area contributed by atoms with Gasteiger partial charge in [0.1, 0.15) is 5.01 Å². The number of benzene rings is 1. The molecule has 1 heterocycles. The van der Waals surface area contributed by atoms with Gasteiger partial charge in [-0.15, -0.1) is 11.3 Å². The molecule has 1 atom stereocenters. The van der Waals surface area contributed by atoms with Gasteiger partial charge in [0.15, 0.2) is 0 Å². The third-order valence-electron chi connectivity index (χ3n) is 3.31. The molecule has 1 N–H and O–H groups in total. The molecule has 3 nitrogen and oxygen atoms in total. The Morgan fingerprint density at radius 3 is 2.67 bits per heavy atom. The average Bonchev–Trinajstić information content (AvgIpc) is 2.90. The Morgan fingerprint density at radius 1 is 1.24 bits per heavy atom. The normalized spacial score (nSPS) is 12.8. The smallest absolute Gasteiger partial charge is 0.107 e. The van der Waals surface area contributed by atoms with Gasteiger partial charge in [0.25, 0.3) is 0 Å². The Hall–Kier alpha value is -1.23. The van der Waals surface area contributed by atoms with E-state index in [0.29, 0.717) is 6.04 Å². The van der Waals surface area contributed by atoms with Crippen LogP contribution in [0.4, 0.5) is 0 Å². The second kappa shape index (κ2) is 8.27. The predicted molar refractivity (Wildman–Crippen MR) is 90.7 cm³/mol. The molecule has 0 bridgehead atoms. The summed E-state index contributed by atoms with van der Waals surface area (Å²) in [6.07, 6.45) is 2.10. The number of thiazole rings is 1. The first-order chi connectivity index (χ1) is 10.2. The summed E-state index contributed by atoms with van der Waals surface area (Å²) in [5.74, 6) is 0. The molecule has 1 unspecified atom stereocenters. The van der Waals surface area contributed by atoms with Gasteiger partial charge in [-0.2, -0.15) is 0 Å². The fourth-order valence-electron chi connectivity index (χ4n) is 2.31. The fourth-order valence-corrected chi connectivity index (χ4v) is 3.23. The summed E-state index contributed by atoms with van der Waals surface area (Å²) in [7, 11) is 4.16. The largest absolute Gasteiger partial charge is 0.310 e. The lowest BCUT2D eigenvalue weighted by molar-refractivity contribution is 0.401. The zero-order chi connectivity index (χ0) is 15.1. The van der Waals surface area contributed by atoms with Crippen LogP contribution < -0.4 is 5.32 Å². The van der Waals surface area contributed by atoms with Crippen molar-refractivity contribution in [1.29, 1.82) is 0 Å². The standard InChI is InChI=1S/C17H25N3S/c1-4-10-18-16(14-8-6-5-7-9-14)11-15-13-21-17(19-15)12-20(2)3/h5-9,13,16,18H,4,10-12H2,1-3H3. The Morgan fingerprint density at radius 2 is 2.00 bits per heavy atom. The first-order valence-corrected chi connectivity index (χ1v) is 8.43. The van der Waals surface area contributed by atoms with Gasteiger partial charge in [-0.3, -0.25) is 0 Å². The number of aromatic nitrogens is 1. The maximum Gasteiger partial charge on any atom is 0.107 e. The SMILES string of the molecule is CCCNC(Cc1csc(CN(C)C)n1)c1ccccc1. The highest BCUT2D eigenvalue weighted by Crippen LogP contribution is 2.20. The molecule has 2 aromatic rings. The summed E-state index contributed by atoms with van der Waals surface area (Å²) < 4.78 is 0. The van der Waals surface area contributed by atoms with E-state index in [4.69, 9.17) is 4.98 Å². The molecule has 0 radical (unpaired) electrons. The Kier molecular flexibility index (Phi) is 6.36. The van der Waals surface area contributed by atoms with Crippen molar-refractivity contribution in [2.75, 3.05) is 20.6 Å². The summed E-state index contributed by atoms with van der Waals surface area (Å²) in [4.78, 5) is 6.92. The lowest BCUT2D eigenvalue weighted by atomic mass is 10.0. The van der Waals surface area contributed by atoms with E-state index < -0.39 is 0 Å². The van der Waals surface area contributed by atoms with Crippen molar-refractivity contribution in [1.82, 2.24) is 15.2 Å². The summed E-state index contributed by atoms with van der Waals surface area (Å²) in [5, 5.41) is 7.03. The topological polar surface area (TPSA) is 28.2 Å². The summed E-state index contributed by atoms with van der Waals surface area (Å²) >= 11 is 1.76. The van der Waals surface area contributed by atoms with Crippen LogP contribution in [0.25, 0.3) is 0 Å². The molecule has 21 heavy (non-hydrogen) atoms. The van der Waals surface area contributed by atoms with Crippen molar-refractivity contribution >= 4 is 11.3 Å². The second-order valence-electron chi connectivity index (χ2n) is 5.59. The summed E-state index contributed by atoms with van der Waals surface area (Å²) in [6, 6.07) is 11.0. The summed E-state index contributed by atoms with van der Waals surface area (Å²) in [6.45, 7) is 4.16. The van der Waals surface area contributed by atoms with Gasteiger partial charge in [-0.25, -0.2) is 4.98 Å². The average molecular weight is 303 g/mol. The zero-order valence-electron chi connectivity index (χ0n) is 13.2. The van der Waals surface area contributed by atoms with Gasteiger partial charge < -0.3 is 10.2 Å². The molecule has 0 spiro atoms. The number of nitrogens with zero attached hydrogens (tertiary/aromatic N) is 2. The van der Waals surface area contributed by atoms with Crippen molar-refractivity contribution < 1.29 is 0 Å². The lowest BCUT2D eigenvalue weighted by Gasteiger charge is -2.18.